The number of aryl methyl sites for hydroxylation is 1. The summed E-state index contributed by atoms with van der Waals surface area (Å²) in [5.74, 6) is -1.41. The lowest BCUT2D eigenvalue weighted by molar-refractivity contribution is 0.0528. The molecule has 0 aliphatic heterocycles. The van der Waals surface area contributed by atoms with Crippen molar-refractivity contribution in [3.05, 3.63) is 65.2 Å². The third-order valence-electron chi connectivity index (χ3n) is 3.49. The number of rotatable bonds is 7. The van der Waals surface area contributed by atoms with Crippen molar-refractivity contribution in [1.82, 2.24) is 0 Å². The van der Waals surface area contributed by atoms with Crippen LogP contribution in [-0.4, -0.2) is 37.4 Å². The van der Waals surface area contributed by atoms with Gasteiger partial charge in [-0.1, -0.05) is 30.3 Å². The molecule has 1 amide bonds. The molecule has 27 heavy (non-hydrogen) atoms. The van der Waals surface area contributed by atoms with Gasteiger partial charge in [0.05, 0.1) is 5.56 Å². The Hall–Kier alpha value is -2.91. The van der Waals surface area contributed by atoms with Crippen molar-refractivity contribution in [1.29, 1.82) is 0 Å². The highest BCUT2D eigenvalue weighted by Crippen LogP contribution is 2.18. The van der Waals surface area contributed by atoms with Crippen molar-refractivity contribution in [2.45, 2.75) is 13.5 Å². The molecule has 144 valence electrons. The summed E-state index contributed by atoms with van der Waals surface area (Å²) >= 11 is 0. The Bertz CT molecular complexity index is 911. The van der Waals surface area contributed by atoms with Crippen molar-refractivity contribution < 1.29 is 32.0 Å². The average Bonchev–Trinajstić information content (AvgIpc) is 2.61. The van der Waals surface area contributed by atoms with E-state index in [0.717, 1.165) is 5.56 Å². The number of anilines is 1. The maximum absolute atomic E-state index is 11.9. The number of amides is 1. The monoisotopic (exact) mass is 393 g/mol. The van der Waals surface area contributed by atoms with E-state index in [1.807, 2.05) is 30.3 Å². The van der Waals surface area contributed by atoms with E-state index < -0.39 is 34.5 Å². The van der Waals surface area contributed by atoms with Gasteiger partial charge in [0.15, 0.2) is 0 Å². The molecule has 0 radical (unpaired) electrons. The van der Waals surface area contributed by atoms with Gasteiger partial charge in [-0.25, -0.2) is 9.59 Å². The summed E-state index contributed by atoms with van der Waals surface area (Å²) in [7, 11) is -4.19. The van der Waals surface area contributed by atoms with E-state index in [1.165, 1.54) is 18.2 Å². The summed E-state index contributed by atoms with van der Waals surface area (Å²) in [6.07, 6.45) is -0.634. The molecule has 0 atom stereocenters. The van der Waals surface area contributed by atoms with Crippen LogP contribution in [0.25, 0.3) is 0 Å². The Balaban J connectivity index is 1.89. The van der Waals surface area contributed by atoms with Crippen LogP contribution in [0.5, 0.6) is 0 Å². The van der Waals surface area contributed by atoms with E-state index in [0.29, 0.717) is 11.3 Å². The fraction of sp³-hybridized carbons (Fsp3) is 0.222. The number of esters is 1. The van der Waals surface area contributed by atoms with Crippen molar-refractivity contribution >= 4 is 27.9 Å². The third-order valence-corrected chi connectivity index (χ3v) is 4.17. The second-order valence-corrected chi connectivity index (χ2v) is 7.21. The minimum absolute atomic E-state index is 0.129. The molecule has 0 unspecified atom stereocenters. The van der Waals surface area contributed by atoms with Gasteiger partial charge in [0.2, 0.25) is 0 Å². The number of benzene rings is 2. The Kier molecular flexibility index (Phi) is 6.91. The molecule has 2 aromatic rings. The molecule has 0 fully saturated rings. The van der Waals surface area contributed by atoms with E-state index in [4.69, 9.17) is 14.0 Å². The predicted molar refractivity (Wildman–Crippen MR) is 98.1 cm³/mol. The number of ether oxygens (including phenoxy) is 2. The number of hydrogen-bond donors (Lipinski definition) is 2. The van der Waals surface area contributed by atoms with Gasteiger partial charge in [-0.15, -0.1) is 0 Å². The van der Waals surface area contributed by atoms with Crippen LogP contribution >= 0.6 is 0 Å². The molecule has 2 rings (SSSR count). The van der Waals surface area contributed by atoms with Crippen LogP contribution in [0.4, 0.5) is 10.5 Å². The first kappa shape index (κ1) is 20.4. The summed E-state index contributed by atoms with van der Waals surface area (Å²) in [6.45, 7) is 1.36. The molecule has 2 aromatic carbocycles. The fourth-order valence-electron chi connectivity index (χ4n) is 2.12. The average molecular weight is 393 g/mol. The zero-order valence-electron chi connectivity index (χ0n) is 14.5. The number of carbonyl (C=O) groups excluding carboxylic acids is 2. The molecule has 9 heteroatoms. The van der Waals surface area contributed by atoms with Gasteiger partial charge in [-0.3, -0.25) is 9.87 Å². The molecule has 0 spiro atoms. The molecule has 0 aromatic heterocycles. The van der Waals surface area contributed by atoms with Crippen molar-refractivity contribution in [2.24, 2.45) is 0 Å². The normalized spacial score (nSPS) is 10.9. The summed E-state index contributed by atoms with van der Waals surface area (Å²) in [5, 5.41) is 2.58. The van der Waals surface area contributed by atoms with Crippen LogP contribution in [0, 0.1) is 6.92 Å². The van der Waals surface area contributed by atoms with Gasteiger partial charge < -0.3 is 9.47 Å². The SMILES string of the molecule is Cc1cc(C(=O)OCCS(=O)(=O)O)ccc1NC(=O)OCc1ccccc1. The summed E-state index contributed by atoms with van der Waals surface area (Å²) in [5.41, 5.74) is 2.09. The van der Waals surface area contributed by atoms with Gasteiger partial charge >= 0.3 is 12.1 Å². The van der Waals surface area contributed by atoms with Gasteiger partial charge in [-0.2, -0.15) is 8.42 Å². The Morgan fingerprint density at radius 2 is 1.78 bits per heavy atom. The Labute approximate surface area is 156 Å². The Morgan fingerprint density at radius 1 is 1.07 bits per heavy atom. The van der Waals surface area contributed by atoms with E-state index in [1.54, 1.807) is 6.92 Å². The van der Waals surface area contributed by atoms with Crippen LogP contribution in [0.1, 0.15) is 21.5 Å². The molecule has 0 saturated heterocycles. The van der Waals surface area contributed by atoms with Crippen LogP contribution < -0.4 is 5.32 Å². The highest BCUT2D eigenvalue weighted by atomic mass is 32.2. The van der Waals surface area contributed by atoms with Crippen LogP contribution in [-0.2, 0) is 26.2 Å². The maximum Gasteiger partial charge on any atom is 0.411 e. The highest BCUT2D eigenvalue weighted by molar-refractivity contribution is 7.85. The number of hydrogen-bond acceptors (Lipinski definition) is 6. The van der Waals surface area contributed by atoms with Crippen molar-refractivity contribution in [3.63, 3.8) is 0 Å². The van der Waals surface area contributed by atoms with Crippen molar-refractivity contribution in [3.8, 4) is 0 Å². The number of nitrogens with one attached hydrogen (secondary N) is 1. The molecule has 0 heterocycles. The summed E-state index contributed by atoms with van der Waals surface area (Å²) < 4.78 is 39.7. The number of carbonyl (C=O) groups is 2. The van der Waals surface area contributed by atoms with E-state index >= 15 is 0 Å². The summed E-state index contributed by atoms with van der Waals surface area (Å²) in [6, 6.07) is 13.6. The lowest BCUT2D eigenvalue weighted by Gasteiger charge is -2.11. The molecule has 2 N–H and O–H groups in total. The predicted octanol–water partition coefficient (Wildman–Crippen LogP) is 2.79. The highest BCUT2D eigenvalue weighted by Gasteiger charge is 2.13. The summed E-state index contributed by atoms with van der Waals surface area (Å²) in [4.78, 5) is 23.8. The standard InChI is InChI=1S/C18H19NO7S/c1-13-11-15(17(20)25-9-10-27(22,23)24)7-8-16(13)19-18(21)26-12-14-5-3-2-4-6-14/h2-8,11H,9-10,12H2,1H3,(H,19,21)(H,22,23,24). The molecule has 8 nitrogen and oxygen atoms in total. The van der Waals surface area contributed by atoms with E-state index in [-0.39, 0.29) is 12.2 Å². The molecular formula is C18H19NO7S. The Morgan fingerprint density at radius 3 is 2.41 bits per heavy atom. The van der Waals surface area contributed by atoms with E-state index in [9.17, 15) is 18.0 Å². The molecule has 0 aliphatic rings. The smallest absolute Gasteiger partial charge is 0.411 e. The fourth-order valence-corrected chi connectivity index (χ4v) is 2.42. The quantitative estimate of drug-likeness (QED) is 0.548. The first-order chi connectivity index (χ1) is 12.7. The second-order valence-electron chi connectivity index (χ2n) is 5.64. The minimum Gasteiger partial charge on any atom is -0.461 e. The first-order valence-corrected chi connectivity index (χ1v) is 9.56. The lowest BCUT2D eigenvalue weighted by Crippen LogP contribution is -2.16. The third kappa shape index (κ3) is 7.08. The first-order valence-electron chi connectivity index (χ1n) is 7.95. The molecule has 0 aliphatic carbocycles. The van der Waals surface area contributed by atoms with Gasteiger partial charge in [-0.05, 0) is 36.2 Å². The second kappa shape index (κ2) is 9.15. The topological polar surface area (TPSA) is 119 Å². The zero-order valence-corrected chi connectivity index (χ0v) is 15.4. The van der Waals surface area contributed by atoms with E-state index in [2.05, 4.69) is 5.32 Å². The van der Waals surface area contributed by atoms with Crippen molar-refractivity contribution in [2.75, 3.05) is 17.7 Å². The molecular weight excluding hydrogens is 374 g/mol. The zero-order chi connectivity index (χ0) is 19.9. The lowest BCUT2D eigenvalue weighted by atomic mass is 10.1. The molecule has 0 saturated carbocycles. The van der Waals surface area contributed by atoms with Gasteiger partial charge in [0.25, 0.3) is 10.1 Å². The van der Waals surface area contributed by atoms with Crippen LogP contribution in [0.15, 0.2) is 48.5 Å². The largest absolute Gasteiger partial charge is 0.461 e. The van der Waals surface area contributed by atoms with Crippen LogP contribution in [0.2, 0.25) is 0 Å². The minimum atomic E-state index is -4.19. The van der Waals surface area contributed by atoms with Gasteiger partial charge in [0, 0.05) is 5.69 Å². The van der Waals surface area contributed by atoms with Gasteiger partial charge in [0.1, 0.15) is 19.0 Å². The molecule has 0 bridgehead atoms. The van der Waals surface area contributed by atoms with Crippen LogP contribution in [0.3, 0.4) is 0 Å². The maximum atomic E-state index is 11.9.